The Hall–Kier alpha value is -0.410. The maximum absolute atomic E-state index is 4.89. The van der Waals surface area contributed by atoms with Gasteiger partial charge in [0, 0.05) is 10.9 Å². The molecule has 0 saturated heterocycles. The van der Waals surface area contributed by atoms with Gasteiger partial charge < -0.3 is 5.32 Å². The van der Waals surface area contributed by atoms with Gasteiger partial charge in [-0.05, 0) is 52.9 Å². The number of aryl methyl sites for hydroxylation is 2. The summed E-state index contributed by atoms with van der Waals surface area (Å²) in [6.45, 7) is 15.7. The zero-order chi connectivity index (χ0) is 14.6. The number of rotatable bonds is 7. The number of nitrogens with one attached hydrogen (secondary N) is 1. The highest BCUT2D eigenvalue weighted by atomic mass is 32.1. The fraction of sp³-hybridized carbons (Fsp3) is 0.812. The van der Waals surface area contributed by atoms with Gasteiger partial charge in [-0.2, -0.15) is 0 Å². The summed E-state index contributed by atoms with van der Waals surface area (Å²) in [4.78, 5) is 6.26. The van der Waals surface area contributed by atoms with Crippen molar-refractivity contribution in [1.82, 2.24) is 10.3 Å². The van der Waals surface area contributed by atoms with E-state index in [2.05, 4.69) is 53.8 Å². The first-order chi connectivity index (χ1) is 8.78. The predicted octanol–water partition coefficient (Wildman–Crippen LogP) is 4.66. The van der Waals surface area contributed by atoms with Gasteiger partial charge in [0.05, 0.1) is 11.2 Å². The first-order valence-corrected chi connectivity index (χ1v) is 8.34. The third-order valence-corrected chi connectivity index (χ3v) is 4.81. The highest BCUT2D eigenvalue weighted by molar-refractivity contribution is 7.11. The van der Waals surface area contributed by atoms with Crippen LogP contribution >= 0.6 is 11.3 Å². The maximum Gasteiger partial charge on any atom is 0.113 e. The number of aromatic nitrogens is 1. The third kappa shape index (κ3) is 4.57. The Bertz CT molecular complexity index is 395. The lowest BCUT2D eigenvalue weighted by molar-refractivity contribution is 0.288. The monoisotopic (exact) mass is 282 g/mol. The third-order valence-electron chi connectivity index (χ3n) is 3.53. The van der Waals surface area contributed by atoms with Crippen LogP contribution < -0.4 is 5.32 Å². The molecule has 1 unspecified atom stereocenters. The molecule has 0 aliphatic carbocycles. The SMILES string of the molecule is CCc1nc(C(C)(CCC(C)C)NC(C)C)sc1C. The van der Waals surface area contributed by atoms with Gasteiger partial charge in [-0.1, -0.05) is 20.8 Å². The smallest absolute Gasteiger partial charge is 0.113 e. The van der Waals surface area contributed by atoms with Crippen molar-refractivity contribution in [3.63, 3.8) is 0 Å². The zero-order valence-electron chi connectivity index (χ0n) is 13.6. The molecule has 1 atom stereocenters. The lowest BCUT2D eigenvalue weighted by atomic mass is 9.91. The summed E-state index contributed by atoms with van der Waals surface area (Å²) in [6, 6.07) is 0.478. The molecule has 1 rings (SSSR count). The zero-order valence-corrected chi connectivity index (χ0v) is 14.4. The van der Waals surface area contributed by atoms with Crippen molar-refractivity contribution in [2.45, 2.75) is 79.3 Å². The number of nitrogens with zero attached hydrogens (tertiary/aromatic N) is 1. The molecular formula is C16H30N2S. The second kappa shape index (κ2) is 6.85. The molecule has 2 nitrogen and oxygen atoms in total. The van der Waals surface area contributed by atoms with Gasteiger partial charge >= 0.3 is 0 Å². The van der Waals surface area contributed by atoms with Crippen LogP contribution in [0.15, 0.2) is 0 Å². The topological polar surface area (TPSA) is 24.9 Å². The van der Waals surface area contributed by atoms with E-state index in [1.807, 2.05) is 11.3 Å². The number of hydrogen-bond acceptors (Lipinski definition) is 3. The molecule has 0 amide bonds. The van der Waals surface area contributed by atoms with Gasteiger partial charge in [0.1, 0.15) is 5.01 Å². The van der Waals surface area contributed by atoms with E-state index < -0.39 is 0 Å². The molecule has 0 aromatic carbocycles. The predicted molar refractivity (Wildman–Crippen MR) is 85.9 cm³/mol. The molecule has 0 aliphatic rings. The quantitative estimate of drug-likeness (QED) is 0.786. The molecule has 3 heteroatoms. The summed E-state index contributed by atoms with van der Waals surface area (Å²) in [5.41, 5.74) is 1.28. The first kappa shape index (κ1) is 16.6. The van der Waals surface area contributed by atoms with Crippen molar-refractivity contribution >= 4 is 11.3 Å². The lowest BCUT2D eigenvalue weighted by Gasteiger charge is -2.32. The Morgan fingerprint density at radius 2 is 1.89 bits per heavy atom. The van der Waals surface area contributed by atoms with Gasteiger partial charge in [-0.15, -0.1) is 11.3 Å². The van der Waals surface area contributed by atoms with Crippen LogP contribution in [0.25, 0.3) is 0 Å². The van der Waals surface area contributed by atoms with Crippen molar-refractivity contribution in [1.29, 1.82) is 0 Å². The van der Waals surface area contributed by atoms with Crippen LogP contribution in [0.4, 0.5) is 0 Å². The highest BCUT2D eigenvalue weighted by Gasteiger charge is 2.31. The van der Waals surface area contributed by atoms with Gasteiger partial charge in [0.15, 0.2) is 0 Å². The molecule has 1 aromatic rings. The normalized spacial score (nSPS) is 15.2. The molecular weight excluding hydrogens is 252 g/mol. The van der Waals surface area contributed by atoms with Crippen molar-refractivity contribution in [3.05, 3.63) is 15.6 Å². The summed E-state index contributed by atoms with van der Waals surface area (Å²) in [5, 5.41) is 5.00. The van der Waals surface area contributed by atoms with E-state index in [1.165, 1.54) is 22.0 Å². The molecule has 0 fully saturated rings. The molecule has 0 bridgehead atoms. The van der Waals surface area contributed by atoms with Crippen LogP contribution in [0.2, 0.25) is 0 Å². The first-order valence-electron chi connectivity index (χ1n) is 7.53. The second-order valence-corrected chi connectivity index (χ2v) is 7.64. The Balaban J connectivity index is 2.99. The summed E-state index contributed by atoms with van der Waals surface area (Å²) >= 11 is 1.87. The van der Waals surface area contributed by atoms with Crippen LogP contribution in [0, 0.1) is 12.8 Å². The number of thiazole rings is 1. The Morgan fingerprint density at radius 1 is 1.26 bits per heavy atom. The van der Waals surface area contributed by atoms with E-state index in [0.29, 0.717) is 6.04 Å². The summed E-state index contributed by atoms with van der Waals surface area (Å²) in [6.07, 6.45) is 3.42. The Labute approximate surface area is 123 Å². The van der Waals surface area contributed by atoms with Gasteiger partial charge in [-0.3, -0.25) is 0 Å². The van der Waals surface area contributed by atoms with Crippen molar-refractivity contribution in [2.24, 2.45) is 5.92 Å². The fourth-order valence-electron chi connectivity index (χ4n) is 2.45. The van der Waals surface area contributed by atoms with Crippen LogP contribution in [-0.2, 0) is 12.0 Å². The minimum Gasteiger partial charge on any atom is -0.303 e. The largest absolute Gasteiger partial charge is 0.303 e. The van der Waals surface area contributed by atoms with E-state index >= 15 is 0 Å². The fourth-order valence-corrected chi connectivity index (χ4v) is 3.59. The molecule has 1 heterocycles. The van der Waals surface area contributed by atoms with Crippen LogP contribution in [-0.4, -0.2) is 11.0 Å². The van der Waals surface area contributed by atoms with E-state index in [1.54, 1.807) is 0 Å². The molecule has 1 aromatic heterocycles. The molecule has 0 spiro atoms. The standard InChI is InChI=1S/C16H30N2S/c1-8-14-13(6)19-15(17-14)16(7,18-12(4)5)10-9-11(2)3/h11-12,18H,8-10H2,1-7H3. The summed E-state index contributed by atoms with van der Waals surface area (Å²) in [5.74, 6) is 0.736. The van der Waals surface area contributed by atoms with Gasteiger partial charge in [0.25, 0.3) is 0 Å². The average molecular weight is 282 g/mol. The number of hydrogen-bond donors (Lipinski definition) is 1. The Kier molecular flexibility index (Phi) is 6.00. The van der Waals surface area contributed by atoms with Crippen LogP contribution in [0.3, 0.4) is 0 Å². The van der Waals surface area contributed by atoms with Crippen LogP contribution in [0.1, 0.15) is 70.0 Å². The molecule has 19 heavy (non-hydrogen) atoms. The van der Waals surface area contributed by atoms with Crippen molar-refractivity contribution in [2.75, 3.05) is 0 Å². The summed E-state index contributed by atoms with van der Waals surface area (Å²) in [7, 11) is 0. The van der Waals surface area contributed by atoms with E-state index in [4.69, 9.17) is 4.98 Å². The van der Waals surface area contributed by atoms with Crippen LogP contribution in [0.5, 0.6) is 0 Å². The minimum atomic E-state index is 0.0152. The Morgan fingerprint density at radius 3 is 2.32 bits per heavy atom. The van der Waals surface area contributed by atoms with E-state index in [-0.39, 0.29) is 5.54 Å². The average Bonchev–Trinajstić information content (AvgIpc) is 2.68. The molecule has 0 aliphatic heterocycles. The molecule has 0 radical (unpaired) electrons. The van der Waals surface area contributed by atoms with E-state index in [0.717, 1.165) is 18.8 Å². The molecule has 1 N–H and O–H groups in total. The minimum absolute atomic E-state index is 0.0152. The van der Waals surface area contributed by atoms with Gasteiger partial charge in [0.2, 0.25) is 0 Å². The van der Waals surface area contributed by atoms with Crippen molar-refractivity contribution in [3.8, 4) is 0 Å². The summed E-state index contributed by atoms with van der Waals surface area (Å²) < 4.78 is 0. The molecule has 110 valence electrons. The maximum atomic E-state index is 4.89. The lowest BCUT2D eigenvalue weighted by Crippen LogP contribution is -2.43. The second-order valence-electron chi connectivity index (χ2n) is 6.44. The molecule has 0 saturated carbocycles. The van der Waals surface area contributed by atoms with Gasteiger partial charge in [-0.25, -0.2) is 4.98 Å². The van der Waals surface area contributed by atoms with Crippen molar-refractivity contribution < 1.29 is 0 Å². The van der Waals surface area contributed by atoms with E-state index in [9.17, 15) is 0 Å². The highest BCUT2D eigenvalue weighted by Crippen LogP contribution is 2.33.